The van der Waals surface area contributed by atoms with Gasteiger partial charge in [-0.2, -0.15) is 0 Å². The second-order valence-corrected chi connectivity index (χ2v) is 4.40. The number of likely N-dealkylation sites (tertiary alicyclic amines) is 1. The Labute approximate surface area is 106 Å². The highest BCUT2D eigenvalue weighted by Gasteiger charge is 2.31. The van der Waals surface area contributed by atoms with Gasteiger partial charge in [-0.3, -0.25) is 5.32 Å². The number of nitrogens with zero attached hydrogens (tertiary/aromatic N) is 4. The Balaban J connectivity index is 1.88. The van der Waals surface area contributed by atoms with Crippen molar-refractivity contribution in [3.8, 4) is 5.88 Å². The number of hydrogen-bond acceptors (Lipinski definition) is 5. The summed E-state index contributed by atoms with van der Waals surface area (Å²) in [7, 11) is 5.54. The third kappa shape index (κ3) is 2.67. The number of urea groups is 1. The minimum atomic E-state index is -0.145. The molecule has 2 amide bonds. The first-order valence-electron chi connectivity index (χ1n) is 5.68. The number of carbonyl (C=O) groups is 1. The van der Waals surface area contributed by atoms with Crippen LogP contribution in [0.25, 0.3) is 0 Å². The van der Waals surface area contributed by atoms with Gasteiger partial charge < -0.3 is 14.5 Å². The van der Waals surface area contributed by atoms with Gasteiger partial charge in [0.1, 0.15) is 12.1 Å². The first-order chi connectivity index (χ1) is 8.60. The average Bonchev–Trinajstić information content (AvgIpc) is 2.26. The smallest absolute Gasteiger partial charge is 0.323 e. The first-order valence-corrected chi connectivity index (χ1v) is 5.68. The molecule has 0 atom stereocenters. The lowest BCUT2D eigenvalue weighted by Gasteiger charge is -2.42. The summed E-state index contributed by atoms with van der Waals surface area (Å²) in [4.78, 5) is 23.5. The number of carbonyl (C=O) groups excluding carboxylic acids is 1. The lowest BCUT2D eigenvalue weighted by Crippen LogP contribution is -2.60. The number of ether oxygens (including phenoxy) is 1. The predicted octanol–water partition coefficient (Wildman–Crippen LogP) is 0.263. The second kappa shape index (κ2) is 5.18. The normalized spacial score (nSPS) is 15.4. The van der Waals surface area contributed by atoms with Crippen LogP contribution in [-0.4, -0.2) is 66.1 Å². The molecule has 1 aliphatic heterocycles. The van der Waals surface area contributed by atoms with Gasteiger partial charge in [0.25, 0.3) is 0 Å². The number of nitrogens with one attached hydrogen (secondary N) is 1. The van der Waals surface area contributed by atoms with Gasteiger partial charge in [-0.15, -0.1) is 0 Å². The molecule has 0 bridgehead atoms. The molecule has 2 rings (SSSR count). The van der Waals surface area contributed by atoms with Gasteiger partial charge in [-0.05, 0) is 14.1 Å². The van der Waals surface area contributed by atoms with Gasteiger partial charge in [-0.1, -0.05) is 0 Å². The molecule has 18 heavy (non-hydrogen) atoms. The molecule has 7 nitrogen and oxygen atoms in total. The van der Waals surface area contributed by atoms with Crippen molar-refractivity contribution in [3.05, 3.63) is 12.4 Å². The van der Waals surface area contributed by atoms with Crippen molar-refractivity contribution in [2.24, 2.45) is 0 Å². The molecular weight excluding hydrogens is 234 g/mol. The summed E-state index contributed by atoms with van der Waals surface area (Å²) in [5.41, 5.74) is 0. The molecule has 1 fully saturated rings. The fourth-order valence-corrected chi connectivity index (χ4v) is 1.66. The van der Waals surface area contributed by atoms with Crippen LogP contribution in [0.5, 0.6) is 5.88 Å². The van der Waals surface area contributed by atoms with Crippen molar-refractivity contribution in [1.82, 2.24) is 19.8 Å². The SMILES string of the molecule is COc1cc(NC(=O)N2CC(N(C)C)C2)ncn1. The van der Waals surface area contributed by atoms with E-state index in [9.17, 15) is 4.79 Å². The number of rotatable bonds is 3. The Morgan fingerprint density at radius 3 is 2.83 bits per heavy atom. The van der Waals surface area contributed by atoms with Gasteiger partial charge in [0.2, 0.25) is 5.88 Å². The van der Waals surface area contributed by atoms with Gasteiger partial charge in [0.15, 0.2) is 0 Å². The largest absolute Gasteiger partial charge is 0.481 e. The monoisotopic (exact) mass is 251 g/mol. The van der Waals surface area contributed by atoms with E-state index >= 15 is 0 Å². The molecule has 7 heteroatoms. The zero-order valence-electron chi connectivity index (χ0n) is 10.8. The molecule has 1 N–H and O–H groups in total. The van der Waals surface area contributed by atoms with Crippen LogP contribution in [0, 0.1) is 0 Å². The summed E-state index contributed by atoms with van der Waals surface area (Å²) >= 11 is 0. The van der Waals surface area contributed by atoms with Crippen molar-refractivity contribution >= 4 is 11.8 Å². The fraction of sp³-hybridized carbons (Fsp3) is 0.545. The van der Waals surface area contributed by atoms with Crippen LogP contribution in [0.3, 0.4) is 0 Å². The highest BCUT2D eigenvalue weighted by Crippen LogP contribution is 2.15. The molecule has 1 saturated heterocycles. The zero-order valence-corrected chi connectivity index (χ0v) is 10.8. The van der Waals surface area contributed by atoms with Crippen LogP contribution < -0.4 is 10.1 Å². The molecule has 1 aromatic rings. The van der Waals surface area contributed by atoms with Gasteiger partial charge in [-0.25, -0.2) is 14.8 Å². The maximum atomic E-state index is 11.9. The Bertz CT molecular complexity index is 431. The molecule has 0 aromatic carbocycles. The van der Waals surface area contributed by atoms with E-state index in [0.717, 1.165) is 13.1 Å². The van der Waals surface area contributed by atoms with Crippen LogP contribution in [0.15, 0.2) is 12.4 Å². The Hall–Kier alpha value is -1.89. The van der Waals surface area contributed by atoms with E-state index < -0.39 is 0 Å². The van der Waals surface area contributed by atoms with Crippen LogP contribution in [0.1, 0.15) is 0 Å². The minimum Gasteiger partial charge on any atom is -0.481 e. The van der Waals surface area contributed by atoms with Crippen LogP contribution >= 0.6 is 0 Å². The number of hydrogen-bond donors (Lipinski definition) is 1. The summed E-state index contributed by atoms with van der Waals surface area (Å²) in [6.07, 6.45) is 1.35. The lowest BCUT2D eigenvalue weighted by molar-refractivity contribution is 0.0942. The molecule has 0 aliphatic carbocycles. The van der Waals surface area contributed by atoms with Crippen LogP contribution in [-0.2, 0) is 0 Å². The van der Waals surface area contributed by atoms with Gasteiger partial charge >= 0.3 is 6.03 Å². The van der Waals surface area contributed by atoms with Crippen LogP contribution in [0.2, 0.25) is 0 Å². The molecular formula is C11H17N5O2. The summed E-state index contributed by atoms with van der Waals surface area (Å²) in [5.74, 6) is 0.871. The summed E-state index contributed by atoms with van der Waals surface area (Å²) in [5, 5.41) is 2.72. The van der Waals surface area contributed by atoms with Crippen molar-refractivity contribution in [2.75, 3.05) is 39.6 Å². The summed E-state index contributed by atoms with van der Waals surface area (Å²) in [6.45, 7) is 1.47. The molecule has 2 heterocycles. The second-order valence-electron chi connectivity index (χ2n) is 4.40. The maximum Gasteiger partial charge on any atom is 0.323 e. The Morgan fingerprint density at radius 1 is 1.50 bits per heavy atom. The van der Waals surface area contributed by atoms with E-state index in [4.69, 9.17) is 4.74 Å². The zero-order chi connectivity index (χ0) is 13.1. The topological polar surface area (TPSA) is 70.6 Å². The number of anilines is 1. The van der Waals surface area contributed by atoms with Crippen molar-refractivity contribution in [1.29, 1.82) is 0 Å². The Kier molecular flexibility index (Phi) is 3.61. The van der Waals surface area contributed by atoms with Crippen molar-refractivity contribution < 1.29 is 9.53 Å². The lowest BCUT2D eigenvalue weighted by atomic mass is 10.1. The molecule has 1 aliphatic rings. The summed E-state index contributed by atoms with van der Waals surface area (Å²) < 4.78 is 4.96. The minimum absolute atomic E-state index is 0.145. The quantitative estimate of drug-likeness (QED) is 0.834. The highest BCUT2D eigenvalue weighted by molar-refractivity contribution is 5.89. The standard InChI is InChI=1S/C11H17N5O2/c1-15(2)8-5-16(6-8)11(17)14-9-4-10(18-3)13-7-12-9/h4,7-8H,5-6H2,1-3H3,(H,12,13,14,17). The van der Waals surface area contributed by atoms with E-state index in [1.165, 1.54) is 13.4 Å². The number of aromatic nitrogens is 2. The molecule has 98 valence electrons. The number of methoxy groups -OCH3 is 1. The average molecular weight is 251 g/mol. The molecule has 0 saturated carbocycles. The molecule has 1 aromatic heterocycles. The highest BCUT2D eigenvalue weighted by atomic mass is 16.5. The number of amides is 2. The fourth-order valence-electron chi connectivity index (χ4n) is 1.66. The third-order valence-electron chi connectivity index (χ3n) is 2.97. The Morgan fingerprint density at radius 2 is 2.22 bits per heavy atom. The maximum absolute atomic E-state index is 11.9. The van der Waals surface area contributed by atoms with E-state index in [1.807, 2.05) is 14.1 Å². The molecule has 0 spiro atoms. The number of likely N-dealkylation sites (N-methyl/N-ethyl adjacent to an activating group) is 1. The van der Waals surface area contributed by atoms with E-state index in [2.05, 4.69) is 20.2 Å². The molecule has 0 unspecified atom stereocenters. The first kappa shape index (κ1) is 12.6. The van der Waals surface area contributed by atoms with Gasteiger partial charge in [0.05, 0.1) is 7.11 Å². The predicted molar refractivity (Wildman–Crippen MR) is 66.7 cm³/mol. The van der Waals surface area contributed by atoms with Gasteiger partial charge in [0, 0.05) is 25.2 Å². The summed E-state index contributed by atoms with van der Waals surface area (Å²) in [6, 6.07) is 1.88. The van der Waals surface area contributed by atoms with E-state index in [1.54, 1.807) is 11.0 Å². The van der Waals surface area contributed by atoms with E-state index in [-0.39, 0.29) is 6.03 Å². The van der Waals surface area contributed by atoms with Crippen molar-refractivity contribution in [2.45, 2.75) is 6.04 Å². The molecule has 0 radical (unpaired) electrons. The van der Waals surface area contributed by atoms with E-state index in [0.29, 0.717) is 17.7 Å². The van der Waals surface area contributed by atoms with Crippen molar-refractivity contribution in [3.63, 3.8) is 0 Å². The third-order valence-corrected chi connectivity index (χ3v) is 2.97. The van der Waals surface area contributed by atoms with Crippen LogP contribution in [0.4, 0.5) is 10.6 Å².